The first-order valence-corrected chi connectivity index (χ1v) is 12.0. The molecule has 7 heteroatoms. The minimum absolute atomic E-state index is 0.00352. The number of aryl methyl sites for hydroxylation is 1. The summed E-state index contributed by atoms with van der Waals surface area (Å²) in [5.74, 6) is -0.00352. The molecule has 0 unspecified atom stereocenters. The van der Waals surface area contributed by atoms with Crippen molar-refractivity contribution in [3.63, 3.8) is 0 Å². The van der Waals surface area contributed by atoms with Gasteiger partial charge in [-0.05, 0) is 37.5 Å². The molecule has 1 heterocycles. The lowest BCUT2D eigenvalue weighted by Crippen LogP contribution is -2.48. The second-order valence-corrected chi connectivity index (χ2v) is 9.67. The van der Waals surface area contributed by atoms with Crippen molar-refractivity contribution in [2.24, 2.45) is 0 Å². The number of carbonyl (C=O) groups excluding carboxylic acids is 1. The van der Waals surface area contributed by atoms with Crippen LogP contribution in [0.1, 0.15) is 30.9 Å². The molecular weight excluding hydrogens is 398 g/mol. The van der Waals surface area contributed by atoms with E-state index in [9.17, 15) is 13.2 Å². The summed E-state index contributed by atoms with van der Waals surface area (Å²) in [6, 6.07) is 16.6. The van der Waals surface area contributed by atoms with Gasteiger partial charge in [-0.25, -0.2) is 8.42 Å². The molecule has 2 aromatic carbocycles. The van der Waals surface area contributed by atoms with Crippen LogP contribution in [-0.2, 0) is 21.4 Å². The summed E-state index contributed by atoms with van der Waals surface area (Å²) < 4.78 is 27.6. The molecular formula is C23H31N3O3S. The van der Waals surface area contributed by atoms with E-state index in [2.05, 4.69) is 10.2 Å². The number of nitrogens with one attached hydrogen (secondary N) is 1. The van der Waals surface area contributed by atoms with Crippen LogP contribution in [0, 0.1) is 6.92 Å². The van der Waals surface area contributed by atoms with Gasteiger partial charge in [0, 0.05) is 32.7 Å². The molecule has 30 heavy (non-hydrogen) atoms. The average molecular weight is 430 g/mol. The third-order valence-electron chi connectivity index (χ3n) is 5.59. The van der Waals surface area contributed by atoms with Crippen LogP contribution in [-0.4, -0.2) is 55.8 Å². The lowest BCUT2D eigenvalue weighted by atomic mass is 10.1. The number of benzene rings is 2. The van der Waals surface area contributed by atoms with E-state index in [1.54, 1.807) is 16.4 Å². The Labute approximate surface area is 179 Å². The van der Waals surface area contributed by atoms with Crippen LogP contribution in [0.5, 0.6) is 0 Å². The number of sulfonamides is 1. The molecule has 0 radical (unpaired) electrons. The lowest BCUT2D eigenvalue weighted by Gasteiger charge is -2.29. The number of carbonyl (C=O) groups is 1. The average Bonchev–Trinajstić information content (AvgIpc) is 3.01. The maximum Gasteiger partial charge on any atom is 0.243 e. The van der Waals surface area contributed by atoms with Gasteiger partial charge in [-0.15, -0.1) is 0 Å². The fourth-order valence-electron chi connectivity index (χ4n) is 3.84. The molecule has 0 saturated carbocycles. The molecule has 2 aromatic rings. The van der Waals surface area contributed by atoms with E-state index in [0.29, 0.717) is 50.5 Å². The van der Waals surface area contributed by atoms with Crippen LogP contribution in [0.4, 0.5) is 0 Å². The third kappa shape index (κ3) is 5.47. The molecule has 162 valence electrons. The maximum atomic E-state index is 13.0. The van der Waals surface area contributed by atoms with Gasteiger partial charge in [0.15, 0.2) is 0 Å². The molecule has 0 aliphatic carbocycles. The smallest absolute Gasteiger partial charge is 0.243 e. The molecule has 1 fully saturated rings. The SMILES string of the molecule is CC[C@H](C(=O)NCc1ccccc1)N1CCCN(S(=O)(=O)c2ccc(C)cc2)CC1. The van der Waals surface area contributed by atoms with E-state index < -0.39 is 10.0 Å². The third-order valence-corrected chi connectivity index (χ3v) is 7.50. The number of hydrogen-bond acceptors (Lipinski definition) is 4. The minimum atomic E-state index is -3.52. The highest BCUT2D eigenvalue weighted by molar-refractivity contribution is 7.89. The van der Waals surface area contributed by atoms with Crippen molar-refractivity contribution >= 4 is 15.9 Å². The van der Waals surface area contributed by atoms with Crippen molar-refractivity contribution in [3.8, 4) is 0 Å². The van der Waals surface area contributed by atoms with Crippen LogP contribution in [0.3, 0.4) is 0 Å². The minimum Gasteiger partial charge on any atom is -0.351 e. The lowest BCUT2D eigenvalue weighted by molar-refractivity contribution is -0.126. The standard InChI is InChI=1S/C23H31N3O3S/c1-3-22(23(27)24-18-20-8-5-4-6-9-20)25-14-7-15-26(17-16-25)30(28,29)21-12-10-19(2)11-13-21/h4-6,8-13,22H,3,7,14-18H2,1-2H3,(H,24,27)/t22-/m1/s1. The molecule has 0 spiro atoms. The quantitative estimate of drug-likeness (QED) is 0.735. The predicted molar refractivity (Wildman–Crippen MR) is 118 cm³/mol. The molecule has 3 rings (SSSR count). The van der Waals surface area contributed by atoms with Gasteiger partial charge in [-0.2, -0.15) is 4.31 Å². The number of rotatable bonds is 7. The molecule has 0 aromatic heterocycles. The Morgan fingerprint density at radius 2 is 1.70 bits per heavy atom. The molecule has 1 aliphatic rings. The summed E-state index contributed by atoms with van der Waals surface area (Å²) in [5.41, 5.74) is 2.09. The Bertz CT molecular complexity index is 930. The second kappa shape index (κ2) is 10.2. The Hall–Kier alpha value is -2.22. The highest BCUT2D eigenvalue weighted by atomic mass is 32.2. The zero-order valence-corrected chi connectivity index (χ0v) is 18.6. The Balaban J connectivity index is 1.62. The second-order valence-electron chi connectivity index (χ2n) is 7.73. The Kier molecular flexibility index (Phi) is 7.64. The van der Waals surface area contributed by atoms with Crippen LogP contribution < -0.4 is 5.32 Å². The molecule has 6 nitrogen and oxygen atoms in total. The summed E-state index contributed by atoms with van der Waals surface area (Å²) in [5, 5.41) is 3.03. The number of nitrogens with zero attached hydrogens (tertiary/aromatic N) is 2. The van der Waals surface area contributed by atoms with Gasteiger partial charge in [-0.1, -0.05) is 55.0 Å². The van der Waals surface area contributed by atoms with E-state index >= 15 is 0 Å². The topological polar surface area (TPSA) is 69.7 Å². The molecule has 1 amide bonds. The first-order valence-electron chi connectivity index (χ1n) is 10.5. The van der Waals surface area contributed by atoms with Crippen molar-refractivity contribution < 1.29 is 13.2 Å². The fourth-order valence-corrected chi connectivity index (χ4v) is 5.31. The van der Waals surface area contributed by atoms with Crippen LogP contribution in [0.2, 0.25) is 0 Å². The molecule has 1 N–H and O–H groups in total. The van der Waals surface area contributed by atoms with Crippen molar-refractivity contribution in [2.75, 3.05) is 26.2 Å². The molecule has 1 saturated heterocycles. The first kappa shape index (κ1) is 22.5. The van der Waals surface area contributed by atoms with Gasteiger partial charge in [0.25, 0.3) is 0 Å². The van der Waals surface area contributed by atoms with Crippen LogP contribution >= 0.6 is 0 Å². The summed E-state index contributed by atoms with van der Waals surface area (Å²) in [6.07, 6.45) is 1.39. The van der Waals surface area contributed by atoms with E-state index in [1.807, 2.05) is 56.3 Å². The first-order chi connectivity index (χ1) is 14.4. The van der Waals surface area contributed by atoms with E-state index in [4.69, 9.17) is 0 Å². The molecule has 0 bridgehead atoms. The van der Waals surface area contributed by atoms with Crippen LogP contribution in [0.15, 0.2) is 59.5 Å². The van der Waals surface area contributed by atoms with Gasteiger partial charge in [-0.3, -0.25) is 9.69 Å². The largest absolute Gasteiger partial charge is 0.351 e. The van der Waals surface area contributed by atoms with E-state index in [1.165, 1.54) is 0 Å². The van der Waals surface area contributed by atoms with Crippen molar-refractivity contribution in [1.82, 2.24) is 14.5 Å². The van der Waals surface area contributed by atoms with Gasteiger partial charge in [0.1, 0.15) is 0 Å². The van der Waals surface area contributed by atoms with Crippen molar-refractivity contribution in [2.45, 2.75) is 44.2 Å². The van der Waals surface area contributed by atoms with Crippen LogP contribution in [0.25, 0.3) is 0 Å². The number of amides is 1. The van der Waals surface area contributed by atoms with Gasteiger partial charge in [0.05, 0.1) is 10.9 Å². The normalized spacial score (nSPS) is 17.3. The number of hydrogen-bond donors (Lipinski definition) is 1. The van der Waals surface area contributed by atoms with Gasteiger partial charge < -0.3 is 5.32 Å². The summed E-state index contributed by atoms with van der Waals surface area (Å²) in [4.78, 5) is 15.3. The molecule has 1 aliphatic heterocycles. The highest BCUT2D eigenvalue weighted by Crippen LogP contribution is 2.19. The summed E-state index contributed by atoms with van der Waals surface area (Å²) in [7, 11) is -3.52. The van der Waals surface area contributed by atoms with Crippen molar-refractivity contribution in [3.05, 3.63) is 65.7 Å². The maximum absolute atomic E-state index is 13.0. The van der Waals surface area contributed by atoms with Gasteiger partial charge >= 0.3 is 0 Å². The van der Waals surface area contributed by atoms with Gasteiger partial charge in [0.2, 0.25) is 15.9 Å². The van der Waals surface area contributed by atoms with E-state index in [0.717, 1.165) is 11.1 Å². The Morgan fingerprint density at radius 3 is 2.37 bits per heavy atom. The fraction of sp³-hybridized carbons (Fsp3) is 0.435. The van der Waals surface area contributed by atoms with Crippen molar-refractivity contribution in [1.29, 1.82) is 0 Å². The highest BCUT2D eigenvalue weighted by Gasteiger charge is 2.30. The Morgan fingerprint density at radius 1 is 1.00 bits per heavy atom. The zero-order chi connectivity index (χ0) is 21.6. The summed E-state index contributed by atoms with van der Waals surface area (Å²) in [6.45, 7) is 6.54. The zero-order valence-electron chi connectivity index (χ0n) is 17.8. The molecule has 1 atom stereocenters. The monoisotopic (exact) mass is 429 g/mol. The summed E-state index contributed by atoms with van der Waals surface area (Å²) >= 11 is 0. The van der Waals surface area contributed by atoms with E-state index in [-0.39, 0.29) is 11.9 Å². The predicted octanol–water partition coefficient (Wildman–Crippen LogP) is 2.79.